The zero-order chi connectivity index (χ0) is 19.3. The summed E-state index contributed by atoms with van der Waals surface area (Å²) in [6.45, 7) is 4.70. The van der Waals surface area contributed by atoms with Gasteiger partial charge in [0, 0.05) is 44.8 Å². The molecule has 0 bridgehead atoms. The number of urea groups is 1. The third-order valence-electron chi connectivity index (χ3n) is 5.13. The lowest BCUT2D eigenvalue weighted by Gasteiger charge is -2.34. The molecule has 0 atom stereocenters. The van der Waals surface area contributed by atoms with Crippen LogP contribution in [0.3, 0.4) is 0 Å². The van der Waals surface area contributed by atoms with E-state index < -0.39 is 0 Å². The van der Waals surface area contributed by atoms with Gasteiger partial charge < -0.3 is 24.4 Å². The Kier molecular flexibility index (Phi) is 5.53. The lowest BCUT2D eigenvalue weighted by atomic mass is 10.1. The number of nitrogens with one attached hydrogen (secondary N) is 1. The molecule has 0 spiro atoms. The van der Waals surface area contributed by atoms with Crippen LogP contribution < -0.4 is 19.5 Å². The summed E-state index contributed by atoms with van der Waals surface area (Å²) in [5.41, 5.74) is 2.16. The molecule has 7 heteroatoms. The molecule has 0 aliphatic carbocycles. The number of amides is 2. The number of hydrogen-bond donors (Lipinski definition) is 1. The molecule has 0 aromatic heterocycles. The third-order valence-corrected chi connectivity index (χ3v) is 5.13. The van der Waals surface area contributed by atoms with E-state index in [9.17, 15) is 4.79 Å². The average molecular weight is 383 g/mol. The highest BCUT2D eigenvalue weighted by Gasteiger charge is 2.22. The number of benzene rings is 2. The van der Waals surface area contributed by atoms with Crippen molar-refractivity contribution < 1.29 is 19.0 Å². The molecule has 2 aromatic rings. The van der Waals surface area contributed by atoms with Crippen molar-refractivity contribution in [3.63, 3.8) is 0 Å². The minimum Gasteiger partial charge on any atom is -0.496 e. The Bertz CT molecular complexity index is 834. The molecule has 7 nitrogen and oxygen atoms in total. The summed E-state index contributed by atoms with van der Waals surface area (Å²) in [5.74, 6) is 2.41. The van der Waals surface area contributed by atoms with Crippen molar-refractivity contribution >= 4 is 6.03 Å². The number of carbonyl (C=O) groups excluding carboxylic acids is 1. The van der Waals surface area contributed by atoms with Crippen molar-refractivity contribution in [3.05, 3.63) is 53.6 Å². The number of fused-ring (bicyclic) bond motifs is 1. The van der Waals surface area contributed by atoms with Crippen LogP contribution in [0.15, 0.2) is 42.5 Å². The van der Waals surface area contributed by atoms with Crippen molar-refractivity contribution in [2.24, 2.45) is 0 Å². The molecule has 2 aliphatic rings. The van der Waals surface area contributed by atoms with E-state index in [0.29, 0.717) is 26.4 Å². The van der Waals surface area contributed by atoms with Gasteiger partial charge in [-0.1, -0.05) is 24.3 Å². The number of hydrogen-bond acceptors (Lipinski definition) is 5. The van der Waals surface area contributed by atoms with E-state index in [2.05, 4.69) is 16.3 Å². The van der Waals surface area contributed by atoms with Crippen LogP contribution in [0, 0.1) is 0 Å². The number of nitrogens with zero attached hydrogens (tertiary/aromatic N) is 2. The van der Waals surface area contributed by atoms with Crippen LogP contribution in [0.4, 0.5) is 4.79 Å². The Hall–Kier alpha value is -2.93. The van der Waals surface area contributed by atoms with Crippen LogP contribution in [-0.2, 0) is 13.1 Å². The standard InChI is InChI=1S/C21H25N3O4/c1-26-18-5-3-2-4-17(18)13-22-21(25)24-10-8-23(9-11-24)14-16-6-7-19-20(12-16)28-15-27-19/h2-7,12H,8-11,13-15H2,1H3,(H,22,25). The zero-order valence-electron chi connectivity index (χ0n) is 16.0. The predicted molar refractivity (Wildman–Crippen MR) is 105 cm³/mol. The largest absolute Gasteiger partial charge is 0.496 e. The second-order valence-electron chi connectivity index (χ2n) is 6.92. The Morgan fingerprint density at radius 1 is 1.07 bits per heavy atom. The average Bonchev–Trinajstić information content (AvgIpc) is 3.20. The summed E-state index contributed by atoms with van der Waals surface area (Å²) >= 11 is 0. The maximum atomic E-state index is 12.5. The topological polar surface area (TPSA) is 63.3 Å². The fourth-order valence-corrected chi connectivity index (χ4v) is 3.54. The van der Waals surface area contributed by atoms with Gasteiger partial charge in [0.2, 0.25) is 6.79 Å². The number of rotatable bonds is 5. The van der Waals surface area contributed by atoms with Gasteiger partial charge in [-0.25, -0.2) is 4.79 Å². The summed E-state index contributed by atoms with van der Waals surface area (Å²) in [6, 6.07) is 13.8. The molecule has 2 heterocycles. The molecule has 28 heavy (non-hydrogen) atoms. The van der Waals surface area contributed by atoms with Crippen LogP contribution in [0.1, 0.15) is 11.1 Å². The Balaban J connectivity index is 1.25. The van der Waals surface area contributed by atoms with Gasteiger partial charge in [0.15, 0.2) is 11.5 Å². The summed E-state index contributed by atoms with van der Waals surface area (Å²) < 4.78 is 16.1. The number of carbonyl (C=O) groups is 1. The van der Waals surface area contributed by atoms with Crippen molar-refractivity contribution in [3.8, 4) is 17.2 Å². The molecule has 0 radical (unpaired) electrons. The first-order valence-electron chi connectivity index (χ1n) is 9.48. The van der Waals surface area contributed by atoms with Gasteiger partial charge in [-0.05, 0) is 23.8 Å². The van der Waals surface area contributed by atoms with Gasteiger partial charge in [-0.3, -0.25) is 4.90 Å². The second-order valence-corrected chi connectivity index (χ2v) is 6.92. The molecule has 0 saturated carbocycles. The Morgan fingerprint density at radius 2 is 1.86 bits per heavy atom. The number of para-hydroxylation sites is 1. The molecular formula is C21H25N3O4. The highest BCUT2D eigenvalue weighted by atomic mass is 16.7. The highest BCUT2D eigenvalue weighted by Crippen LogP contribution is 2.32. The summed E-state index contributed by atoms with van der Waals surface area (Å²) in [7, 11) is 1.64. The van der Waals surface area contributed by atoms with E-state index in [1.807, 2.05) is 41.3 Å². The van der Waals surface area contributed by atoms with Crippen LogP contribution in [0.5, 0.6) is 17.2 Å². The predicted octanol–water partition coefficient (Wildman–Crippen LogP) is 2.45. The minimum atomic E-state index is -0.0337. The third kappa shape index (κ3) is 4.14. The molecule has 1 saturated heterocycles. The number of ether oxygens (including phenoxy) is 3. The molecule has 1 fully saturated rings. The van der Waals surface area contributed by atoms with Gasteiger partial charge in [-0.2, -0.15) is 0 Å². The molecule has 2 amide bonds. The lowest BCUT2D eigenvalue weighted by molar-refractivity contribution is 0.135. The quantitative estimate of drug-likeness (QED) is 0.859. The Morgan fingerprint density at radius 3 is 2.68 bits per heavy atom. The van der Waals surface area contributed by atoms with Gasteiger partial charge in [0.25, 0.3) is 0 Å². The van der Waals surface area contributed by atoms with E-state index >= 15 is 0 Å². The van der Waals surface area contributed by atoms with Gasteiger partial charge in [0.05, 0.1) is 7.11 Å². The van der Waals surface area contributed by atoms with E-state index in [0.717, 1.165) is 42.4 Å². The van der Waals surface area contributed by atoms with E-state index in [4.69, 9.17) is 14.2 Å². The molecule has 148 valence electrons. The van der Waals surface area contributed by atoms with Crippen molar-refractivity contribution in [2.45, 2.75) is 13.1 Å². The first-order valence-corrected chi connectivity index (χ1v) is 9.48. The smallest absolute Gasteiger partial charge is 0.317 e. The first kappa shape index (κ1) is 18.4. The molecular weight excluding hydrogens is 358 g/mol. The Labute approximate surface area is 164 Å². The highest BCUT2D eigenvalue weighted by molar-refractivity contribution is 5.74. The number of piperazine rings is 1. The molecule has 1 N–H and O–H groups in total. The second kappa shape index (κ2) is 8.39. The van der Waals surface area contributed by atoms with Crippen LogP contribution >= 0.6 is 0 Å². The van der Waals surface area contributed by atoms with Crippen molar-refractivity contribution in [2.75, 3.05) is 40.1 Å². The molecule has 0 unspecified atom stereocenters. The van der Waals surface area contributed by atoms with Crippen LogP contribution in [0.25, 0.3) is 0 Å². The fourth-order valence-electron chi connectivity index (χ4n) is 3.54. The number of methoxy groups -OCH3 is 1. The van der Waals surface area contributed by atoms with Crippen LogP contribution in [-0.4, -0.2) is 55.9 Å². The van der Waals surface area contributed by atoms with Crippen LogP contribution in [0.2, 0.25) is 0 Å². The van der Waals surface area contributed by atoms with E-state index in [1.54, 1.807) is 7.11 Å². The van der Waals surface area contributed by atoms with Crippen molar-refractivity contribution in [1.29, 1.82) is 0 Å². The van der Waals surface area contributed by atoms with E-state index in [1.165, 1.54) is 5.56 Å². The summed E-state index contributed by atoms with van der Waals surface area (Å²) in [6.07, 6.45) is 0. The van der Waals surface area contributed by atoms with Crippen molar-refractivity contribution in [1.82, 2.24) is 15.1 Å². The normalized spacial score (nSPS) is 16.1. The summed E-state index contributed by atoms with van der Waals surface area (Å²) in [5, 5.41) is 2.99. The SMILES string of the molecule is COc1ccccc1CNC(=O)N1CCN(Cc2ccc3c(c2)OCO3)CC1. The fraction of sp³-hybridized carbons (Fsp3) is 0.381. The maximum Gasteiger partial charge on any atom is 0.317 e. The van der Waals surface area contributed by atoms with Gasteiger partial charge in [-0.15, -0.1) is 0 Å². The lowest BCUT2D eigenvalue weighted by Crippen LogP contribution is -2.51. The van der Waals surface area contributed by atoms with Gasteiger partial charge >= 0.3 is 6.03 Å². The minimum absolute atomic E-state index is 0.0337. The van der Waals surface area contributed by atoms with Gasteiger partial charge in [0.1, 0.15) is 5.75 Å². The molecule has 2 aromatic carbocycles. The maximum absolute atomic E-state index is 12.5. The monoisotopic (exact) mass is 383 g/mol. The first-order chi connectivity index (χ1) is 13.7. The molecule has 2 aliphatic heterocycles. The molecule has 4 rings (SSSR count). The van der Waals surface area contributed by atoms with E-state index in [-0.39, 0.29) is 6.03 Å². The zero-order valence-corrected chi connectivity index (χ0v) is 16.0. The summed E-state index contributed by atoms with van der Waals surface area (Å²) in [4.78, 5) is 16.7.